The van der Waals surface area contributed by atoms with E-state index in [9.17, 15) is 14.4 Å². The Kier molecular flexibility index (Phi) is 44.5. The summed E-state index contributed by atoms with van der Waals surface area (Å²) >= 11 is 0. The van der Waals surface area contributed by atoms with Crippen LogP contribution in [-0.4, -0.2) is 37.2 Å². The van der Waals surface area contributed by atoms with Gasteiger partial charge in [0.25, 0.3) is 0 Å². The molecule has 58 heavy (non-hydrogen) atoms. The zero-order valence-electron chi connectivity index (χ0n) is 38.0. The fraction of sp³-hybridized carbons (Fsp3) is 0.750. The monoisotopic (exact) mass is 811 g/mol. The van der Waals surface area contributed by atoms with Crippen molar-refractivity contribution >= 4 is 17.9 Å². The van der Waals surface area contributed by atoms with Gasteiger partial charge in [-0.1, -0.05) is 210 Å². The van der Waals surface area contributed by atoms with Gasteiger partial charge in [-0.25, -0.2) is 0 Å². The quantitative estimate of drug-likeness (QED) is 0.0201. The molecule has 0 aromatic rings. The van der Waals surface area contributed by atoms with Crippen molar-refractivity contribution < 1.29 is 28.6 Å². The van der Waals surface area contributed by atoms with Crippen molar-refractivity contribution in [2.45, 2.75) is 239 Å². The molecule has 334 valence electrons. The third kappa shape index (κ3) is 44.2. The highest BCUT2D eigenvalue weighted by Crippen LogP contribution is 2.15. The van der Waals surface area contributed by atoms with Gasteiger partial charge in [0.1, 0.15) is 13.2 Å². The number of allylic oxidation sites excluding steroid dienone is 10. The summed E-state index contributed by atoms with van der Waals surface area (Å²) in [6.07, 6.45) is 56.3. The molecule has 0 aromatic carbocycles. The highest BCUT2D eigenvalue weighted by molar-refractivity contribution is 5.71. The Hall–Kier alpha value is -2.89. The van der Waals surface area contributed by atoms with Crippen molar-refractivity contribution in [1.82, 2.24) is 0 Å². The first-order valence-corrected chi connectivity index (χ1v) is 24.3. The van der Waals surface area contributed by atoms with Crippen molar-refractivity contribution in [3.8, 4) is 0 Å². The maximum absolute atomic E-state index is 12.7. The summed E-state index contributed by atoms with van der Waals surface area (Å²) in [7, 11) is 0. The summed E-state index contributed by atoms with van der Waals surface area (Å²) in [4.78, 5) is 37.8. The molecule has 0 N–H and O–H groups in total. The number of unbranched alkanes of at least 4 members (excludes halogenated alkanes) is 25. The first-order chi connectivity index (χ1) is 28.5. The molecular weight excluding hydrogens is 721 g/mol. The Bertz CT molecular complexity index is 1070. The molecule has 1 unspecified atom stereocenters. The molecule has 0 aliphatic heterocycles. The summed E-state index contributed by atoms with van der Waals surface area (Å²) in [6, 6.07) is 0. The zero-order valence-corrected chi connectivity index (χ0v) is 38.0. The van der Waals surface area contributed by atoms with Gasteiger partial charge in [-0.3, -0.25) is 14.4 Å². The normalized spacial score (nSPS) is 12.5. The minimum atomic E-state index is -0.797. The molecule has 0 spiro atoms. The van der Waals surface area contributed by atoms with Crippen LogP contribution in [0.1, 0.15) is 233 Å². The van der Waals surface area contributed by atoms with E-state index in [4.69, 9.17) is 14.2 Å². The highest BCUT2D eigenvalue weighted by Gasteiger charge is 2.19. The number of esters is 3. The Morgan fingerprint density at radius 2 is 0.690 bits per heavy atom. The molecule has 0 heterocycles. The van der Waals surface area contributed by atoms with Crippen LogP contribution in [0.25, 0.3) is 0 Å². The maximum Gasteiger partial charge on any atom is 0.306 e. The molecule has 0 fully saturated rings. The molecular formula is C52H90O6. The summed E-state index contributed by atoms with van der Waals surface area (Å²) in [6.45, 7) is 6.44. The van der Waals surface area contributed by atoms with Gasteiger partial charge in [0, 0.05) is 19.3 Å². The van der Waals surface area contributed by atoms with E-state index in [1.165, 1.54) is 109 Å². The first kappa shape index (κ1) is 55.1. The summed E-state index contributed by atoms with van der Waals surface area (Å²) in [5.41, 5.74) is 0. The SMILES string of the molecule is CC/C=C/C=C/C=C/C=C/CCCCCC(=O)OC(COC(=O)CCCCC/C=C/CCCCCCCC)COC(=O)CCCCCCCCCCCCCCCC. The molecule has 0 saturated carbocycles. The van der Waals surface area contributed by atoms with Crippen molar-refractivity contribution in [1.29, 1.82) is 0 Å². The summed E-state index contributed by atoms with van der Waals surface area (Å²) in [5, 5.41) is 0. The average molecular weight is 811 g/mol. The lowest BCUT2D eigenvalue weighted by Crippen LogP contribution is -2.30. The maximum atomic E-state index is 12.7. The van der Waals surface area contributed by atoms with Crippen molar-refractivity contribution in [2.75, 3.05) is 13.2 Å². The largest absolute Gasteiger partial charge is 0.462 e. The van der Waals surface area contributed by atoms with Gasteiger partial charge < -0.3 is 14.2 Å². The smallest absolute Gasteiger partial charge is 0.306 e. The van der Waals surface area contributed by atoms with Gasteiger partial charge in [-0.15, -0.1) is 0 Å². The van der Waals surface area contributed by atoms with E-state index in [1.54, 1.807) is 0 Å². The van der Waals surface area contributed by atoms with Gasteiger partial charge >= 0.3 is 17.9 Å². The summed E-state index contributed by atoms with van der Waals surface area (Å²) < 4.78 is 16.7. The van der Waals surface area contributed by atoms with Gasteiger partial charge in [0.15, 0.2) is 6.10 Å². The number of ether oxygens (including phenoxy) is 3. The van der Waals surface area contributed by atoms with Gasteiger partial charge in [0.2, 0.25) is 0 Å². The van der Waals surface area contributed by atoms with Crippen molar-refractivity contribution in [3.63, 3.8) is 0 Å². The third-order valence-electron chi connectivity index (χ3n) is 10.4. The van der Waals surface area contributed by atoms with Crippen LogP contribution in [0.15, 0.2) is 60.8 Å². The topological polar surface area (TPSA) is 78.9 Å². The Morgan fingerprint density at radius 1 is 0.362 bits per heavy atom. The van der Waals surface area contributed by atoms with Crippen molar-refractivity contribution in [2.24, 2.45) is 0 Å². The predicted octanol–water partition coefficient (Wildman–Crippen LogP) is 15.7. The van der Waals surface area contributed by atoms with Crippen LogP contribution in [-0.2, 0) is 28.6 Å². The highest BCUT2D eigenvalue weighted by atomic mass is 16.6. The summed E-state index contributed by atoms with van der Waals surface area (Å²) in [5.74, 6) is -0.948. The van der Waals surface area contributed by atoms with E-state index in [2.05, 4.69) is 45.1 Å². The van der Waals surface area contributed by atoms with E-state index in [1.807, 2.05) is 36.5 Å². The second kappa shape index (κ2) is 46.8. The lowest BCUT2D eigenvalue weighted by atomic mass is 10.0. The lowest BCUT2D eigenvalue weighted by molar-refractivity contribution is -0.167. The van der Waals surface area contributed by atoms with Crippen molar-refractivity contribution in [3.05, 3.63) is 60.8 Å². The number of carbonyl (C=O) groups excluding carboxylic acids is 3. The Labute approximate surface area is 358 Å². The average Bonchev–Trinajstić information content (AvgIpc) is 3.22. The molecule has 0 aliphatic carbocycles. The minimum absolute atomic E-state index is 0.0933. The molecule has 0 bridgehead atoms. The van der Waals surface area contributed by atoms with E-state index in [0.29, 0.717) is 19.3 Å². The molecule has 0 aromatic heterocycles. The van der Waals surface area contributed by atoms with Crippen LogP contribution >= 0.6 is 0 Å². The lowest BCUT2D eigenvalue weighted by Gasteiger charge is -2.18. The number of hydrogen-bond donors (Lipinski definition) is 0. The molecule has 0 amide bonds. The molecule has 6 nitrogen and oxygen atoms in total. The molecule has 0 aliphatic rings. The minimum Gasteiger partial charge on any atom is -0.462 e. The third-order valence-corrected chi connectivity index (χ3v) is 10.4. The van der Waals surface area contributed by atoms with Crippen LogP contribution in [0.3, 0.4) is 0 Å². The van der Waals surface area contributed by atoms with Crippen LogP contribution < -0.4 is 0 Å². The first-order valence-electron chi connectivity index (χ1n) is 24.3. The van der Waals surface area contributed by atoms with Crippen LogP contribution in [0.4, 0.5) is 0 Å². The standard InChI is InChI=1S/C52H90O6/c1-4-7-10-13-16-19-22-25-28-30-33-36-39-42-45-51(54)57-48-49(58-52(55)46-43-40-37-34-31-27-24-21-18-15-12-9-6-3)47-56-50(53)44-41-38-35-32-29-26-23-20-17-14-11-8-5-2/h9,12,15,18,21,24,26-27,29,31,49H,4-8,10-11,13-14,16-17,19-20,22-23,25,28,30,32-48H2,1-3H3/b12-9+,18-15+,24-21+,29-26+,31-27+. The predicted molar refractivity (Wildman–Crippen MR) is 247 cm³/mol. The zero-order chi connectivity index (χ0) is 42.3. The number of rotatable bonds is 43. The second-order valence-corrected chi connectivity index (χ2v) is 16.1. The molecule has 1 atom stereocenters. The van der Waals surface area contributed by atoms with Crippen LogP contribution in [0, 0.1) is 0 Å². The molecule has 0 radical (unpaired) electrons. The van der Waals surface area contributed by atoms with Crippen LogP contribution in [0.2, 0.25) is 0 Å². The molecule has 6 heteroatoms. The fourth-order valence-corrected chi connectivity index (χ4v) is 6.68. The molecule has 0 rings (SSSR count). The van der Waals surface area contributed by atoms with E-state index in [-0.39, 0.29) is 37.5 Å². The van der Waals surface area contributed by atoms with Crippen LogP contribution in [0.5, 0.6) is 0 Å². The number of hydrogen-bond acceptors (Lipinski definition) is 6. The van der Waals surface area contributed by atoms with E-state index < -0.39 is 6.10 Å². The van der Waals surface area contributed by atoms with Gasteiger partial charge in [-0.05, 0) is 64.2 Å². The second-order valence-electron chi connectivity index (χ2n) is 16.1. The Balaban J connectivity index is 4.45. The fourth-order valence-electron chi connectivity index (χ4n) is 6.68. The van der Waals surface area contributed by atoms with Gasteiger partial charge in [0.05, 0.1) is 0 Å². The Morgan fingerprint density at radius 3 is 1.12 bits per heavy atom. The number of carbonyl (C=O) groups is 3. The van der Waals surface area contributed by atoms with E-state index >= 15 is 0 Å². The van der Waals surface area contributed by atoms with E-state index in [0.717, 1.165) is 77.0 Å². The van der Waals surface area contributed by atoms with Gasteiger partial charge in [-0.2, -0.15) is 0 Å². The molecule has 0 saturated heterocycles.